The van der Waals surface area contributed by atoms with Gasteiger partial charge in [-0.1, -0.05) is 18.5 Å². The molecule has 0 bridgehead atoms. The molecule has 3 aromatic rings. The van der Waals surface area contributed by atoms with Crippen LogP contribution in [0.5, 0.6) is 5.88 Å². The molecule has 0 fully saturated rings. The Morgan fingerprint density at radius 2 is 2.00 bits per heavy atom. The van der Waals surface area contributed by atoms with Crippen LogP contribution in [0.2, 0.25) is 5.02 Å². The van der Waals surface area contributed by atoms with E-state index in [1.807, 2.05) is 6.92 Å². The molecule has 0 unspecified atom stereocenters. The fourth-order valence-electron chi connectivity index (χ4n) is 3.17. The number of aromatic hydroxyl groups is 1. The van der Waals surface area contributed by atoms with Gasteiger partial charge >= 0.3 is 0 Å². The van der Waals surface area contributed by atoms with E-state index in [-0.39, 0.29) is 39.0 Å². The molecular weight excluding hydrogens is 416 g/mol. The van der Waals surface area contributed by atoms with E-state index in [0.29, 0.717) is 18.7 Å². The summed E-state index contributed by atoms with van der Waals surface area (Å²) < 4.78 is 27.4. The summed E-state index contributed by atoms with van der Waals surface area (Å²) in [6.45, 7) is 4.11. The number of hydrogen-bond acceptors (Lipinski definition) is 6. The fourth-order valence-corrected chi connectivity index (χ4v) is 4.46. The zero-order valence-electron chi connectivity index (χ0n) is 16.3. The average Bonchev–Trinajstić information content (AvgIpc) is 3.28. The van der Waals surface area contributed by atoms with Crippen molar-refractivity contribution in [1.29, 1.82) is 0 Å². The van der Waals surface area contributed by atoms with Crippen molar-refractivity contribution < 1.29 is 18.3 Å². The highest BCUT2D eigenvalue weighted by Gasteiger charge is 2.28. The van der Waals surface area contributed by atoms with Crippen LogP contribution in [-0.2, 0) is 29.3 Å². The Hall–Kier alpha value is -2.65. The Bertz CT molecular complexity index is 1170. The zero-order chi connectivity index (χ0) is 21.3. The van der Waals surface area contributed by atoms with Crippen LogP contribution in [0.1, 0.15) is 41.0 Å². The van der Waals surface area contributed by atoms with Gasteiger partial charge in [0.2, 0.25) is 11.7 Å². The molecule has 3 rings (SSSR count). The molecule has 8 nitrogen and oxygen atoms in total. The van der Waals surface area contributed by atoms with E-state index in [4.69, 9.17) is 11.6 Å². The third kappa shape index (κ3) is 3.92. The predicted molar refractivity (Wildman–Crippen MR) is 108 cm³/mol. The van der Waals surface area contributed by atoms with Crippen LogP contribution in [0.3, 0.4) is 0 Å². The van der Waals surface area contributed by atoms with Gasteiger partial charge in [-0.25, -0.2) is 13.1 Å². The van der Waals surface area contributed by atoms with Gasteiger partial charge in [-0.3, -0.25) is 9.48 Å². The number of benzene rings is 1. The second kappa shape index (κ2) is 8.00. The maximum Gasteiger partial charge on any atom is 0.221 e. The van der Waals surface area contributed by atoms with Gasteiger partial charge in [0, 0.05) is 36.3 Å². The summed E-state index contributed by atoms with van der Waals surface area (Å²) in [5.41, 5.74) is 0.894. The van der Waals surface area contributed by atoms with Crippen LogP contribution in [0, 0.1) is 0 Å². The Morgan fingerprint density at radius 1 is 1.28 bits per heavy atom. The zero-order valence-corrected chi connectivity index (χ0v) is 17.8. The van der Waals surface area contributed by atoms with Crippen molar-refractivity contribution in [2.75, 3.05) is 6.26 Å². The molecule has 1 aromatic carbocycles. The number of halogens is 1. The molecule has 1 N–H and O–H groups in total. The van der Waals surface area contributed by atoms with Crippen LogP contribution in [0.25, 0.3) is 0 Å². The Balaban J connectivity index is 2.19. The van der Waals surface area contributed by atoms with Crippen LogP contribution >= 0.6 is 11.6 Å². The van der Waals surface area contributed by atoms with E-state index in [9.17, 15) is 18.3 Å². The lowest BCUT2D eigenvalue weighted by Gasteiger charge is -2.14. The summed E-state index contributed by atoms with van der Waals surface area (Å²) in [5.74, 6) is -0.739. The summed E-state index contributed by atoms with van der Waals surface area (Å²) in [7, 11) is -3.59. The maximum absolute atomic E-state index is 13.2. The first-order chi connectivity index (χ1) is 13.7. The number of aryl methyl sites for hydroxylation is 2. The van der Waals surface area contributed by atoms with Gasteiger partial charge in [-0.05, 0) is 31.5 Å². The molecule has 0 aliphatic heterocycles. The topological polar surface area (TPSA) is 107 Å². The van der Waals surface area contributed by atoms with Crippen LogP contribution in [0.4, 0.5) is 0 Å². The first-order valence-corrected chi connectivity index (χ1v) is 11.3. The maximum atomic E-state index is 13.2. The van der Waals surface area contributed by atoms with Crippen LogP contribution in [-0.4, -0.2) is 45.1 Å². The minimum Gasteiger partial charge on any atom is -0.493 e. The minimum absolute atomic E-state index is 0.0131. The van der Waals surface area contributed by atoms with Crippen molar-refractivity contribution in [3.8, 4) is 5.88 Å². The summed E-state index contributed by atoms with van der Waals surface area (Å²) in [6, 6.07) is 4.43. The second-order valence-electron chi connectivity index (χ2n) is 6.52. The monoisotopic (exact) mass is 436 g/mol. The number of sulfone groups is 1. The van der Waals surface area contributed by atoms with Crippen molar-refractivity contribution in [1.82, 2.24) is 19.6 Å². The summed E-state index contributed by atoms with van der Waals surface area (Å²) in [6.07, 6.45) is 4.76. The normalized spacial score (nSPS) is 11.7. The standard InChI is InChI=1S/C19H21ClN4O4S/c1-4-14-16(19(26)24(5-2)22-14)18(25)12-7-8-15(29(3,27)28)13(17(12)20)11-23-10-6-9-21-23/h6-10,26H,4-5,11H2,1-3H3. The number of nitrogens with zero attached hydrogens (tertiary/aromatic N) is 4. The molecule has 0 saturated carbocycles. The van der Waals surface area contributed by atoms with E-state index < -0.39 is 15.6 Å². The molecule has 0 spiro atoms. The predicted octanol–water partition coefficient (Wildman–Crippen LogP) is 2.70. The molecule has 0 amide bonds. The van der Waals surface area contributed by atoms with E-state index in [2.05, 4.69) is 10.2 Å². The van der Waals surface area contributed by atoms with Gasteiger partial charge < -0.3 is 5.11 Å². The van der Waals surface area contributed by atoms with Crippen LogP contribution in [0.15, 0.2) is 35.5 Å². The Kier molecular flexibility index (Phi) is 5.81. The molecule has 2 aromatic heterocycles. The first-order valence-electron chi connectivity index (χ1n) is 9.01. The van der Waals surface area contributed by atoms with Gasteiger partial charge in [-0.15, -0.1) is 0 Å². The minimum atomic E-state index is -3.59. The van der Waals surface area contributed by atoms with Crippen molar-refractivity contribution in [2.24, 2.45) is 0 Å². The highest BCUT2D eigenvalue weighted by Crippen LogP contribution is 2.33. The molecule has 0 atom stereocenters. The molecular formula is C19H21ClN4O4S. The van der Waals surface area contributed by atoms with Gasteiger partial charge in [0.1, 0.15) is 5.56 Å². The molecule has 2 heterocycles. The van der Waals surface area contributed by atoms with Crippen molar-refractivity contribution >= 4 is 27.2 Å². The highest BCUT2D eigenvalue weighted by atomic mass is 35.5. The Labute approximate surface area is 173 Å². The SMILES string of the molecule is CCc1nn(CC)c(O)c1C(=O)c1ccc(S(C)(=O)=O)c(Cn2cccn2)c1Cl. The highest BCUT2D eigenvalue weighted by molar-refractivity contribution is 7.90. The number of carbonyl (C=O) groups excluding carboxylic acids is 1. The van der Waals surface area contributed by atoms with Crippen LogP contribution < -0.4 is 0 Å². The van der Waals surface area contributed by atoms with Crippen molar-refractivity contribution in [2.45, 2.75) is 38.3 Å². The van der Waals surface area contributed by atoms with E-state index in [1.165, 1.54) is 21.5 Å². The summed E-state index contributed by atoms with van der Waals surface area (Å²) in [4.78, 5) is 13.3. The Morgan fingerprint density at radius 3 is 2.55 bits per heavy atom. The molecule has 0 aliphatic carbocycles. The number of carbonyl (C=O) groups is 1. The molecule has 29 heavy (non-hydrogen) atoms. The summed E-state index contributed by atoms with van der Waals surface area (Å²) >= 11 is 6.53. The number of ketones is 1. The molecule has 10 heteroatoms. The lowest BCUT2D eigenvalue weighted by atomic mass is 10.00. The molecule has 0 radical (unpaired) electrons. The van der Waals surface area contributed by atoms with Gasteiger partial charge in [-0.2, -0.15) is 10.2 Å². The second-order valence-corrected chi connectivity index (χ2v) is 8.89. The quantitative estimate of drug-likeness (QED) is 0.570. The number of aromatic nitrogens is 4. The van der Waals surface area contributed by atoms with Crippen molar-refractivity contribution in [3.63, 3.8) is 0 Å². The molecule has 0 saturated heterocycles. The fraction of sp³-hybridized carbons (Fsp3) is 0.316. The van der Waals surface area contributed by atoms with E-state index >= 15 is 0 Å². The third-order valence-electron chi connectivity index (χ3n) is 4.58. The van der Waals surface area contributed by atoms with Gasteiger partial charge in [0.25, 0.3) is 0 Å². The molecule has 0 aliphatic rings. The number of rotatable bonds is 7. The lowest BCUT2D eigenvalue weighted by Crippen LogP contribution is -2.12. The lowest BCUT2D eigenvalue weighted by molar-refractivity contribution is 0.103. The van der Waals surface area contributed by atoms with E-state index in [1.54, 1.807) is 25.4 Å². The first kappa shape index (κ1) is 21.1. The largest absolute Gasteiger partial charge is 0.493 e. The number of hydrogen-bond donors (Lipinski definition) is 1. The summed E-state index contributed by atoms with van der Waals surface area (Å²) in [5, 5.41) is 18.8. The van der Waals surface area contributed by atoms with Crippen molar-refractivity contribution in [3.05, 3.63) is 58.0 Å². The third-order valence-corrected chi connectivity index (χ3v) is 6.20. The van der Waals surface area contributed by atoms with Gasteiger partial charge in [0.05, 0.1) is 22.2 Å². The average molecular weight is 437 g/mol. The smallest absolute Gasteiger partial charge is 0.221 e. The van der Waals surface area contributed by atoms with E-state index in [0.717, 1.165) is 6.26 Å². The molecule has 154 valence electrons. The van der Waals surface area contributed by atoms with Gasteiger partial charge in [0.15, 0.2) is 9.84 Å².